The second kappa shape index (κ2) is 5.20. The van der Waals surface area contributed by atoms with Crippen LogP contribution < -0.4 is 27.7 Å². The Morgan fingerprint density at radius 3 is 2.40 bits per heavy atom. The Labute approximate surface area is 70.3 Å². The van der Waals surface area contributed by atoms with Crippen molar-refractivity contribution >= 4 is 5.82 Å². The standard InChI is InChI=1S/C6H8N2.BrH.H2O/c1-5-3-2-4-8-6(5)7;;/h2-4H,1H3,(H2,7,8);1H;1H2. The lowest BCUT2D eigenvalue weighted by Gasteiger charge is -1.86. The van der Waals surface area contributed by atoms with Crippen molar-refractivity contribution in [1.82, 2.24) is 0 Å². The second-order valence-corrected chi connectivity index (χ2v) is 1.77. The molecular weight excluding hydrogens is 196 g/mol. The Bertz CT molecular complexity index is 172. The summed E-state index contributed by atoms with van der Waals surface area (Å²) in [7, 11) is 0. The molecule has 3 nitrogen and oxygen atoms in total. The first-order valence-electron chi connectivity index (χ1n) is 2.53. The molecule has 0 saturated heterocycles. The van der Waals surface area contributed by atoms with Gasteiger partial charge in [0, 0.05) is 5.56 Å². The van der Waals surface area contributed by atoms with E-state index < -0.39 is 0 Å². The molecule has 1 heterocycles. The fourth-order valence-electron chi connectivity index (χ4n) is 0.534. The predicted octanol–water partition coefficient (Wildman–Crippen LogP) is -3.43. The molecule has 0 amide bonds. The summed E-state index contributed by atoms with van der Waals surface area (Å²) in [6.07, 6.45) is 1.81. The smallest absolute Gasteiger partial charge is 0.272 e. The average Bonchev–Trinajstić information content (AvgIpc) is 1.77. The number of hydrogen-bond donors (Lipinski definition) is 1. The first-order chi connectivity index (χ1) is 3.80. The maximum absolute atomic E-state index is 5.46. The van der Waals surface area contributed by atoms with Crippen LogP contribution in [0.5, 0.6) is 0 Å². The lowest BCUT2D eigenvalue weighted by molar-refractivity contribution is -0.360. The zero-order chi connectivity index (χ0) is 5.98. The van der Waals surface area contributed by atoms with Crippen molar-refractivity contribution in [2.45, 2.75) is 6.92 Å². The molecule has 0 radical (unpaired) electrons. The molecule has 0 atom stereocenters. The number of pyridine rings is 1. The normalized spacial score (nSPS) is 7.30. The molecule has 0 aliphatic heterocycles. The van der Waals surface area contributed by atoms with Crippen molar-refractivity contribution in [3.63, 3.8) is 0 Å². The Morgan fingerprint density at radius 2 is 2.10 bits per heavy atom. The predicted molar refractivity (Wildman–Crippen MR) is 35.8 cm³/mol. The minimum atomic E-state index is 0. The van der Waals surface area contributed by atoms with Crippen LogP contribution in [0.15, 0.2) is 18.3 Å². The molecule has 0 aliphatic rings. The number of nitrogen functional groups attached to an aromatic ring is 1. The zero-order valence-corrected chi connectivity index (χ0v) is 7.27. The molecule has 0 aliphatic carbocycles. The molecule has 1 aromatic rings. The van der Waals surface area contributed by atoms with Crippen molar-refractivity contribution in [3.8, 4) is 0 Å². The van der Waals surface area contributed by atoms with E-state index in [0.717, 1.165) is 11.4 Å². The number of rotatable bonds is 0. The fourth-order valence-corrected chi connectivity index (χ4v) is 0.534. The molecule has 4 heteroatoms. The van der Waals surface area contributed by atoms with Gasteiger partial charge in [0.2, 0.25) is 0 Å². The van der Waals surface area contributed by atoms with Gasteiger partial charge in [-0.05, 0) is 19.1 Å². The summed E-state index contributed by atoms with van der Waals surface area (Å²) in [5.41, 5.74) is 6.55. The number of aromatic amines is 1. The van der Waals surface area contributed by atoms with Crippen LogP contribution in [0.2, 0.25) is 0 Å². The average molecular weight is 207 g/mol. The highest BCUT2D eigenvalue weighted by Crippen LogP contribution is 1.97. The lowest BCUT2D eigenvalue weighted by atomic mass is 10.3. The number of nitrogens with one attached hydrogen (secondary N) is 1. The number of halogens is 1. The van der Waals surface area contributed by atoms with Gasteiger partial charge in [0.15, 0.2) is 0 Å². The summed E-state index contributed by atoms with van der Waals surface area (Å²) in [6.45, 7) is 1.96. The van der Waals surface area contributed by atoms with Crippen LogP contribution in [0.25, 0.3) is 0 Å². The van der Waals surface area contributed by atoms with E-state index in [0.29, 0.717) is 0 Å². The van der Waals surface area contributed by atoms with E-state index in [1.807, 2.05) is 25.3 Å². The van der Waals surface area contributed by atoms with Gasteiger partial charge >= 0.3 is 0 Å². The molecule has 0 bridgehead atoms. The summed E-state index contributed by atoms with van der Waals surface area (Å²) >= 11 is 0. The van der Waals surface area contributed by atoms with Crippen LogP contribution in [0.1, 0.15) is 5.56 Å². The summed E-state index contributed by atoms with van der Waals surface area (Å²) in [5.74, 6) is 0.743. The number of nitrogens with two attached hydrogens (primary N) is 1. The molecule has 1 rings (SSSR count). The molecule has 0 unspecified atom stereocenters. The van der Waals surface area contributed by atoms with E-state index in [1.165, 1.54) is 0 Å². The maximum Gasteiger partial charge on any atom is 0.272 e. The van der Waals surface area contributed by atoms with Gasteiger partial charge in [-0.1, -0.05) is 0 Å². The number of hydrogen-bond acceptors (Lipinski definition) is 1. The number of anilines is 1. The van der Waals surface area contributed by atoms with Crippen molar-refractivity contribution in [1.29, 1.82) is 0 Å². The van der Waals surface area contributed by atoms with E-state index in [2.05, 4.69) is 4.98 Å². The largest absolute Gasteiger partial charge is 1.00 e. The molecule has 0 aromatic carbocycles. The molecule has 10 heavy (non-hydrogen) atoms. The summed E-state index contributed by atoms with van der Waals surface area (Å²) in [5, 5.41) is 0. The highest BCUT2D eigenvalue weighted by molar-refractivity contribution is 5.30. The molecule has 1 aromatic heterocycles. The fraction of sp³-hybridized carbons (Fsp3) is 0.167. The Hall–Kier alpha value is -0.610. The number of aryl methyl sites for hydroxylation is 1. The lowest BCUT2D eigenvalue weighted by Crippen LogP contribution is -3.00. The SMILES string of the molecule is Cc1ccc[nH+]c1N.O.[Br-]. The summed E-state index contributed by atoms with van der Waals surface area (Å²) < 4.78 is 0. The first kappa shape index (κ1) is 12.1. The van der Waals surface area contributed by atoms with Crippen LogP contribution in [-0.2, 0) is 0 Å². The molecule has 5 N–H and O–H groups in total. The minimum Gasteiger partial charge on any atom is -1.00 e. The first-order valence-corrected chi connectivity index (χ1v) is 2.53. The van der Waals surface area contributed by atoms with Crippen molar-refractivity contribution in [2.75, 3.05) is 5.73 Å². The third kappa shape index (κ3) is 2.80. The third-order valence-electron chi connectivity index (χ3n) is 1.11. The maximum atomic E-state index is 5.46. The van der Waals surface area contributed by atoms with E-state index in [1.54, 1.807) is 0 Å². The Kier molecular flexibility index (Phi) is 6.29. The van der Waals surface area contributed by atoms with Crippen molar-refractivity contribution < 1.29 is 27.4 Å². The second-order valence-electron chi connectivity index (χ2n) is 1.77. The Balaban J connectivity index is 0. The molecule has 58 valence electrons. The van der Waals surface area contributed by atoms with Crippen LogP contribution in [-0.4, -0.2) is 5.48 Å². The molecule has 0 fully saturated rings. The monoisotopic (exact) mass is 206 g/mol. The van der Waals surface area contributed by atoms with Crippen molar-refractivity contribution in [3.05, 3.63) is 23.9 Å². The highest BCUT2D eigenvalue weighted by Gasteiger charge is 1.92. The quantitative estimate of drug-likeness (QED) is 0.472. The van der Waals surface area contributed by atoms with E-state index in [4.69, 9.17) is 5.73 Å². The minimum absolute atomic E-state index is 0. The van der Waals surface area contributed by atoms with Crippen LogP contribution in [0, 0.1) is 6.92 Å². The summed E-state index contributed by atoms with van der Waals surface area (Å²) in [6, 6.07) is 3.89. The third-order valence-corrected chi connectivity index (χ3v) is 1.11. The van der Waals surface area contributed by atoms with E-state index >= 15 is 0 Å². The van der Waals surface area contributed by atoms with Gasteiger partial charge in [0.25, 0.3) is 5.82 Å². The van der Waals surface area contributed by atoms with Crippen LogP contribution in [0.3, 0.4) is 0 Å². The highest BCUT2D eigenvalue weighted by atomic mass is 79.9. The molecular formula is C6H11BrN2O. The van der Waals surface area contributed by atoms with E-state index in [-0.39, 0.29) is 22.5 Å². The molecule has 0 spiro atoms. The van der Waals surface area contributed by atoms with Gasteiger partial charge < -0.3 is 22.5 Å². The zero-order valence-electron chi connectivity index (χ0n) is 5.69. The van der Waals surface area contributed by atoms with Gasteiger partial charge in [-0.3, -0.25) is 5.73 Å². The van der Waals surface area contributed by atoms with Crippen molar-refractivity contribution in [2.24, 2.45) is 0 Å². The van der Waals surface area contributed by atoms with Gasteiger partial charge in [-0.15, -0.1) is 0 Å². The van der Waals surface area contributed by atoms with Gasteiger partial charge in [0.05, 0.1) is 6.20 Å². The van der Waals surface area contributed by atoms with Gasteiger partial charge in [-0.25, -0.2) is 4.98 Å². The molecule has 0 saturated carbocycles. The Morgan fingerprint density at radius 1 is 1.50 bits per heavy atom. The van der Waals surface area contributed by atoms with E-state index in [9.17, 15) is 0 Å². The van der Waals surface area contributed by atoms with Crippen LogP contribution >= 0.6 is 0 Å². The van der Waals surface area contributed by atoms with Gasteiger partial charge in [-0.2, -0.15) is 0 Å². The number of H-pyrrole nitrogens is 1. The topological polar surface area (TPSA) is 71.7 Å². The summed E-state index contributed by atoms with van der Waals surface area (Å²) in [4.78, 5) is 2.88. The number of aromatic nitrogens is 1. The van der Waals surface area contributed by atoms with Gasteiger partial charge in [0.1, 0.15) is 0 Å². The van der Waals surface area contributed by atoms with Crippen LogP contribution in [0.4, 0.5) is 5.82 Å².